The second-order valence-corrected chi connectivity index (χ2v) is 7.18. The summed E-state index contributed by atoms with van der Waals surface area (Å²) in [5.41, 5.74) is -0.100. The summed E-state index contributed by atoms with van der Waals surface area (Å²) in [6.45, 7) is 8.28. The molecule has 1 aromatic heterocycles. The molecule has 1 saturated carbocycles. The van der Waals surface area contributed by atoms with E-state index in [2.05, 4.69) is 31.5 Å². The third-order valence-electron chi connectivity index (χ3n) is 4.26. The predicted molar refractivity (Wildman–Crippen MR) is 87.7 cm³/mol. The third-order valence-corrected chi connectivity index (χ3v) is 5.69. The molecule has 1 fully saturated rings. The minimum absolute atomic E-state index is 0.100. The summed E-state index contributed by atoms with van der Waals surface area (Å²) in [5, 5.41) is 6.59. The van der Waals surface area contributed by atoms with E-state index < -0.39 is 0 Å². The van der Waals surface area contributed by atoms with Gasteiger partial charge in [0.1, 0.15) is 0 Å². The van der Waals surface area contributed by atoms with Crippen LogP contribution in [0.15, 0.2) is 11.4 Å². The summed E-state index contributed by atoms with van der Waals surface area (Å²) in [6, 6.07) is 2.21. The Hall–Kier alpha value is -0.0900. The zero-order valence-corrected chi connectivity index (χ0v) is 14.3. The van der Waals surface area contributed by atoms with Crippen LogP contribution in [0.4, 0.5) is 0 Å². The maximum Gasteiger partial charge on any atom is 0.0887 e. The van der Waals surface area contributed by atoms with Gasteiger partial charge in [-0.1, -0.05) is 38.3 Å². The first kappa shape index (κ1) is 16.3. The fourth-order valence-corrected chi connectivity index (χ4v) is 4.89. The number of hydrogen-bond acceptors (Lipinski definition) is 3. The van der Waals surface area contributed by atoms with Gasteiger partial charge in [-0.25, -0.2) is 0 Å². The summed E-state index contributed by atoms with van der Waals surface area (Å²) in [5.74, 6) is 0.718. The van der Waals surface area contributed by atoms with E-state index in [0.717, 1.165) is 36.9 Å². The molecule has 1 aromatic rings. The number of halogens is 1. The maximum atomic E-state index is 6.40. The van der Waals surface area contributed by atoms with Crippen molar-refractivity contribution >= 4 is 22.9 Å². The van der Waals surface area contributed by atoms with Crippen molar-refractivity contribution in [2.75, 3.05) is 13.2 Å². The van der Waals surface area contributed by atoms with Crippen molar-refractivity contribution in [2.24, 2.45) is 5.92 Å². The molecule has 0 radical (unpaired) electrons. The van der Waals surface area contributed by atoms with Gasteiger partial charge in [0, 0.05) is 11.5 Å². The van der Waals surface area contributed by atoms with Crippen molar-refractivity contribution in [3.05, 3.63) is 21.3 Å². The van der Waals surface area contributed by atoms with Crippen LogP contribution >= 0.6 is 22.9 Å². The molecule has 0 aliphatic heterocycles. The molecule has 1 N–H and O–H groups in total. The van der Waals surface area contributed by atoms with Crippen LogP contribution < -0.4 is 5.32 Å². The van der Waals surface area contributed by atoms with Crippen LogP contribution in [-0.4, -0.2) is 18.8 Å². The van der Waals surface area contributed by atoms with Gasteiger partial charge in [0.15, 0.2) is 0 Å². The van der Waals surface area contributed by atoms with E-state index in [4.69, 9.17) is 16.3 Å². The van der Waals surface area contributed by atoms with E-state index in [1.807, 2.05) is 6.07 Å². The average molecular weight is 316 g/mol. The highest BCUT2D eigenvalue weighted by molar-refractivity contribution is 7.10. The summed E-state index contributed by atoms with van der Waals surface area (Å²) < 4.78 is 6.32. The van der Waals surface area contributed by atoms with E-state index in [-0.39, 0.29) is 11.6 Å². The lowest BCUT2D eigenvalue weighted by Gasteiger charge is -2.45. The zero-order chi connectivity index (χ0) is 14.6. The highest BCUT2D eigenvalue weighted by Crippen LogP contribution is 2.46. The van der Waals surface area contributed by atoms with E-state index >= 15 is 0 Å². The molecule has 1 heterocycles. The van der Waals surface area contributed by atoms with Crippen LogP contribution in [0.2, 0.25) is 5.02 Å². The second kappa shape index (κ2) is 7.26. The highest BCUT2D eigenvalue weighted by Gasteiger charge is 2.44. The summed E-state index contributed by atoms with van der Waals surface area (Å²) in [6.07, 6.45) is 4.79. The van der Waals surface area contributed by atoms with Crippen molar-refractivity contribution in [3.8, 4) is 0 Å². The lowest BCUT2D eigenvalue weighted by molar-refractivity contribution is -0.101. The molecule has 1 aliphatic rings. The molecule has 20 heavy (non-hydrogen) atoms. The average Bonchev–Trinajstić information content (AvgIpc) is 2.82. The Bertz CT molecular complexity index is 418. The number of rotatable bonds is 6. The molecule has 1 aliphatic carbocycles. The molecule has 0 amide bonds. The molecule has 3 atom stereocenters. The molecule has 0 bridgehead atoms. The van der Waals surface area contributed by atoms with Gasteiger partial charge in [0.05, 0.1) is 16.7 Å². The molecule has 2 rings (SSSR count). The Kier molecular flexibility index (Phi) is 5.91. The first-order valence-corrected chi connectivity index (χ1v) is 8.99. The monoisotopic (exact) mass is 315 g/mol. The van der Waals surface area contributed by atoms with E-state index in [0.29, 0.717) is 0 Å². The first-order chi connectivity index (χ1) is 9.63. The van der Waals surface area contributed by atoms with Crippen molar-refractivity contribution < 1.29 is 4.74 Å². The Morgan fingerprint density at radius 2 is 2.35 bits per heavy atom. The molecule has 0 saturated heterocycles. The summed E-state index contributed by atoms with van der Waals surface area (Å²) in [7, 11) is 0. The molecule has 3 unspecified atom stereocenters. The lowest BCUT2D eigenvalue weighted by atomic mass is 9.74. The van der Waals surface area contributed by atoms with Crippen LogP contribution in [0.5, 0.6) is 0 Å². The van der Waals surface area contributed by atoms with Crippen molar-refractivity contribution in [1.29, 1.82) is 0 Å². The number of likely N-dealkylation sites (N-methyl/N-ethyl adjacent to an activating group) is 1. The minimum Gasteiger partial charge on any atom is -0.373 e. The molecular formula is C16H26ClNOS. The van der Waals surface area contributed by atoms with Crippen LogP contribution in [0.3, 0.4) is 0 Å². The molecular weight excluding hydrogens is 290 g/mol. The first-order valence-electron chi connectivity index (χ1n) is 7.73. The van der Waals surface area contributed by atoms with Crippen LogP contribution in [0, 0.1) is 5.92 Å². The van der Waals surface area contributed by atoms with Crippen molar-refractivity contribution in [1.82, 2.24) is 5.32 Å². The predicted octanol–water partition coefficient (Wildman–Crippen LogP) is 5.04. The van der Waals surface area contributed by atoms with Gasteiger partial charge in [-0.2, -0.15) is 0 Å². The Balaban J connectivity index is 2.34. The fraction of sp³-hybridized carbons (Fsp3) is 0.750. The fourth-order valence-electron chi connectivity index (χ4n) is 3.54. The molecule has 2 nitrogen and oxygen atoms in total. The third kappa shape index (κ3) is 3.38. The molecule has 0 aromatic carbocycles. The van der Waals surface area contributed by atoms with Gasteiger partial charge in [-0.05, 0) is 43.7 Å². The van der Waals surface area contributed by atoms with E-state index in [1.54, 1.807) is 11.3 Å². The van der Waals surface area contributed by atoms with E-state index in [9.17, 15) is 0 Å². The van der Waals surface area contributed by atoms with Gasteiger partial charge in [-0.15, -0.1) is 11.3 Å². The van der Waals surface area contributed by atoms with Crippen molar-refractivity contribution in [3.63, 3.8) is 0 Å². The van der Waals surface area contributed by atoms with Gasteiger partial charge < -0.3 is 10.1 Å². The Morgan fingerprint density at radius 3 is 2.90 bits per heavy atom. The lowest BCUT2D eigenvalue weighted by Crippen LogP contribution is -2.49. The minimum atomic E-state index is -0.100. The number of ether oxygens (including phenoxy) is 1. The van der Waals surface area contributed by atoms with Gasteiger partial charge >= 0.3 is 0 Å². The Labute approximate surface area is 131 Å². The maximum absolute atomic E-state index is 6.40. The SMILES string of the molecule is CCNC(c1sccc1Cl)C1(OCC)CCCC(C)C1. The molecule has 0 spiro atoms. The number of hydrogen-bond donors (Lipinski definition) is 1. The number of thiophene rings is 1. The Morgan fingerprint density at radius 1 is 1.55 bits per heavy atom. The zero-order valence-electron chi connectivity index (χ0n) is 12.7. The molecule has 114 valence electrons. The largest absolute Gasteiger partial charge is 0.373 e. The smallest absolute Gasteiger partial charge is 0.0887 e. The number of nitrogens with one attached hydrogen (secondary N) is 1. The van der Waals surface area contributed by atoms with Crippen LogP contribution in [0.1, 0.15) is 57.4 Å². The molecule has 4 heteroatoms. The quantitative estimate of drug-likeness (QED) is 0.794. The highest BCUT2D eigenvalue weighted by atomic mass is 35.5. The summed E-state index contributed by atoms with van der Waals surface area (Å²) in [4.78, 5) is 1.23. The summed E-state index contributed by atoms with van der Waals surface area (Å²) >= 11 is 8.15. The van der Waals surface area contributed by atoms with E-state index in [1.165, 1.54) is 17.7 Å². The van der Waals surface area contributed by atoms with Crippen LogP contribution in [0.25, 0.3) is 0 Å². The normalized spacial score (nSPS) is 28.5. The van der Waals surface area contributed by atoms with Gasteiger partial charge in [-0.3, -0.25) is 0 Å². The van der Waals surface area contributed by atoms with Crippen LogP contribution in [-0.2, 0) is 4.74 Å². The van der Waals surface area contributed by atoms with Crippen molar-refractivity contribution in [2.45, 2.75) is 58.1 Å². The van der Waals surface area contributed by atoms with Gasteiger partial charge in [0.25, 0.3) is 0 Å². The second-order valence-electron chi connectivity index (χ2n) is 5.82. The topological polar surface area (TPSA) is 21.3 Å². The standard InChI is InChI=1S/C16H26ClNOS/c1-4-18-15(14-13(17)8-10-20-14)16(19-5-2)9-6-7-12(3)11-16/h8,10,12,15,18H,4-7,9,11H2,1-3H3. The van der Waals surface area contributed by atoms with Gasteiger partial charge in [0.2, 0.25) is 0 Å².